The summed E-state index contributed by atoms with van der Waals surface area (Å²) in [5.74, 6) is -0.626. The second kappa shape index (κ2) is 7.00. The number of amides is 1. The number of benzene rings is 1. The molecule has 0 aromatic heterocycles. The number of hydrogen-bond donors (Lipinski definition) is 1. The van der Waals surface area contributed by atoms with Gasteiger partial charge in [-0.2, -0.15) is 0 Å². The van der Waals surface area contributed by atoms with Gasteiger partial charge in [-0.3, -0.25) is 14.9 Å². The number of nitro benzene ring substituents is 1. The average Bonchev–Trinajstić information content (AvgIpc) is 2.43. The maximum absolute atomic E-state index is 12.4. The van der Waals surface area contributed by atoms with Gasteiger partial charge in [0.15, 0.2) is 0 Å². The third kappa shape index (κ3) is 3.77. The van der Waals surface area contributed by atoms with E-state index in [1.165, 1.54) is 12.1 Å². The molecule has 20 heavy (non-hydrogen) atoms. The molecule has 0 radical (unpaired) electrons. The van der Waals surface area contributed by atoms with E-state index in [0.717, 1.165) is 0 Å². The van der Waals surface area contributed by atoms with E-state index >= 15 is 0 Å². The molecule has 0 fully saturated rings. The number of non-ortho nitro benzene ring substituents is 1. The lowest BCUT2D eigenvalue weighted by atomic mass is 9.98. The van der Waals surface area contributed by atoms with Crippen molar-refractivity contribution in [3.05, 3.63) is 39.9 Å². The minimum Gasteiger partial charge on any atom is -0.395 e. The number of rotatable bonds is 6. The number of nitro groups is 1. The maximum Gasteiger partial charge on any atom is 0.269 e. The van der Waals surface area contributed by atoms with Crippen LogP contribution in [0.3, 0.4) is 0 Å². The van der Waals surface area contributed by atoms with Crippen LogP contribution >= 0.6 is 0 Å². The van der Waals surface area contributed by atoms with Gasteiger partial charge in [0, 0.05) is 24.7 Å². The Bertz CT molecular complexity index is 488. The van der Waals surface area contributed by atoms with Crippen molar-refractivity contribution in [2.75, 3.05) is 13.2 Å². The summed E-state index contributed by atoms with van der Waals surface area (Å²) in [7, 11) is 0. The number of carbonyl (C=O) groups excluding carboxylic acids is 1. The lowest BCUT2D eigenvalue weighted by molar-refractivity contribution is -0.384. The highest BCUT2D eigenvalue weighted by molar-refractivity contribution is 5.83. The summed E-state index contributed by atoms with van der Waals surface area (Å²) in [6.45, 7) is 5.61. The highest BCUT2D eigenvalue weighted by Crippen LogP contribution is 2.23. The number of carbonyl (C=O) groups is 1. The van der Waals surface area contributed by atoms with Crippen molar-refractivity contribution in [3.8, 4) is 0 Å². The first-order valence-electron chi connectivity index (χ1n) is 6.54. The van der Waals surface area contributed by atoms with Gasteiger partial charge in [0.05, 0.1) is 17.4 Å². The summed E-state index contributed by atoms with van der Waals surface area (Å²) in [5, 5.41) is 19.8. The molecule has 6 heteroatoms. The third-order valence-corrected chi connectivity index (χ3v) is 3.20. The summed E-state index contributed by atoms with van der Waals surface area (Å²) in [5.41, 5.74) is 0.577. The van der Waals surface area contributed by atoms with E-state index in [2.05, 4.69) is 0 Å². The Morgan fingerprint density at radius 1 is 1.40 bits per heavy atom. The van der Waals surface area contributed by atoms with Crippen molar-refractivity contribution >= 4 is 11.6 Å². The summed E-state index contributed by atoms with van der Waals surface area (Å²) >= 11 is 0. The van der Waals surface area contributed by atoms with E-state index in [1.54, 1.807) is 24.0 Å². The van der Waals surface area contributed by atoms with Crippen molar-refractivity contribution in [2.45, 2.75) is 32.7 Å². The van der Waals surface area contributed by atoms with Crippen molar-refractivity contribution < 1.29 is 14.8 Å². The molecule has 0 saturated heterocycles. The smallest absolute Gasteiger partial charge is 0.269 e. The van der Waals surface area contributed by atoms with E-state index in [9.17, 15) is 14.9 Å². The Labute approximate surface area is 118 Å². The molecule has 1 unspecified atom stereocenters. The molecular formula is C14H20N2O4. The Balaban J connectivity index is 2.98. The second-order valence-corrected chi connectivity index (χ2v) is 4.92. The Morgan fingerprint density at radius 3 is 2.55 bits per heavy atom. The van der Waals surface area contributed by atoms with E-state index in [1.807, 2.05) is 13.8 Å². The van der Waals surface area contributed by atoms with Crippen LogP contribution in [-0.2, 0) is 4.79 Å². The van der Waals surface area contributed by atoms with Crippen molar-refractivity contribution in [2.24, 2.45) is 0 Å². The zero-order valence-electron chi connectivity index (χ0n) is 11.9. The van der Waals surface area contributed by atoms with Crippen molar-refractivity contribution in [1.29, 1.82) is 0 Å². The van der Waals surface area contributed by atoms with Crippen molar-refractivity contribution in [3.63, 3.8) is 0 Å². The molecule has 0 spiro atoms. The molecule has 0 bridgehead atoms. The van der Waals surface area contributed by atoms with E-state index in [0.29, 0.717) is 5.56 Å². The van der Waals surface area contributed by atoms with E-state index in [4.69, 9.17) is 5.11 Å². The number of aliphatic hydroxyl groups excluding tert-OH is 1. The van der Waals surface area contributed by atoms with Crippen LogP contribution in [0.1, 0.15) is 32.3 Å². The first kappa shape index (κ1) is 16.1. The molecule has 1 amide bonds. The summed E-state index contributed by atoms with van der Waals surface area (Å²) in [6, 6.07) is 6.06. The normalized spacial score (nSPS) is 12.2. The Hall–Kier alpha value is -1.95. The van der Waals surface area contributed by atoms with Gasteiger partial charge in [0.25, 0.3) is 5.69 Å². The minimum atomic E-state index is -0.483. The molecule has 0 heterocycles. The molecule has 1 aromatic rings. The molecule has 1 N–H and O–H groups in total. The molecule has 0 aliphatic rings. The number of nitrogens with zero attached hydrogens (tertiary/aromatic N) is 2. The highest BCUT2D eigenvalue weighted by Gasteiger charge is 2.24. The van der Waals surface area contributed by atoms with Crippen LogP contribution in [-0.4, -0.2) is 40.0 Å². The number of hydrogen-bond acceptors (Lipinski definition) is 4. The van der Waals surface area contributed by atoms with Gasteiger partial charge in [0.1, 0.15) is 0 Å². The standard InChI is InChI=1S/C14H20N2O4/c1-10(2)15(7-8-17)14(18)11(3)12-5-4-6-13(9-12)16(19)20/h4-6,9-11,17H,7-8H2,1-3H3. The maximum atomic E-state index is 12.4. The van der Waals surface area contributed by atoms with Crippen LogP contribution in [0.2, 0.25) is 0 Å². The minimum absolute atomic E-state index is 0.0274. The zero-order chi connectivity index (χ0) is 15.3. The van der Waals surface area contributed by atoms with Gasteiger partial charge < -0.3 is 10.0 Å². The molecule has 0 saturated carbocycles. The van der Waals surface area contributed by atoms with Gasteiger partial charge in [-0.1, -0.05) is 12.1 Å². The molecule has 0 aliphatic heterocycles. The van der Waals surface area contributed by atoms with Gasteiger partial charge >= 0.3 is 0 Å². The molecule has 1 aromatic carbocycles. The Kier molecular flexibility index (Phi) is 5.64. The van der Waals surface area contributed by atoms with E-state index < -0.39 is 10.8 Å². The largest absolute Gasteiger partial charge is 0.395 e. The third-order valence-electron chi connectivity index (χ3n) is 3.20. The fourth-order valence-electron chi connectivity index (χ4n) is 2.03. The first-order chi connectivity index (χ1) is 9.38. The number of aliphatic hydroxyl groups is 1. The molecule has 0 aliphatic carbocycles. The summed E-state index contributed by atoms with van der Waals surface area (Å²) in [4.78, 5) is 24.3. The molecule has 1 rings (SSSR count). The molecule has 1 atom stereocenters. The first-order valence-corrected chi connectivity index (χ1v) is 6.54. The fourth-order valence-corrected chi connectivity index (χ4v) is 2.03. The Morgan fingerprint density at radius 2 is 2.05 bits per heavy atom. The van der Waals surface area contributed by atoms with Crippen LogP contribution in [0.15, 0.2) is 24.3 Å². The average molecular weight is 280 g/mol. The molecule has 110 valence electrons. The topological polar surface area (TPSA) is 83.7 Å². The van der Waals surface area contributed by atoms with Gasteiger partial charge in [0.2, 0.25) is 5.91 Å². The monoisotopic (exact) mass is 280 g/mol. The van der Waals surface area contributed by atoms with Crippen LogP contribution in [0.5, 0.6) is 0 Å². The van der Waals surface area contributed by atoms with Crippen LogP contribution in [0.25, 0.3) is 0 Å². The van der Waals surface area contributed by atoms with Crippen LogP contribution in [0, 0.1) is 10.1 Å². The highest BCUT2D eigenvalue weighted by atomic mass is 16.6. The van der Waals surface area contributed by atoms with Crippen molar-refractivity contribution in [1.82, 2.24) is 4.90 Å². The SMILES string of the molecule is CC(C(=O)N(CCO)C(C)C)c1cccc([N+](=O)[O-])c1. The lowest BCUT2D eigenvalue weighted by Crippen LogP contribution is -2.41. The summed E-state index contributed by atoms with van der Waals surface area (Å²) < 4.78 is 0. The predicted molar refractivity (Wildman–Crippen MR) is 75.4 cm³/mol. The quantitative estimate of drug-likeness (QED) is 0.637. The molecular weight excluding hydrogens is 260 g/mol. The second-order valence-electron chi connectivity index (χ2n) is 4.92. The van der Waals surface area contributed by atoms with Crippen LogP contribution in [0.4, 0.5) is 5.69 Å². The summed E-state index contributed by atoms with van der Waals surface area (Å²) in [6.07, 6.45) is 0. The van der Waals surface area contributed by atoms with Gasteiger partial charge in [-0.25, -0.2) is 0 Å². The van der Waals surface area contributed by atoms with Crippen LogP contribution < -0.4 is 0 Å². The predicted octanol–water partition coefficient (Wildman–Crippen LogP) is 1.93. The lowest BCUT2D eigenvalue weighted by Gasteiger charge is -2.29. The van der Waals surface area contributed by atoms with Gasteiger partial charge in [-0.05, 0) is 26.3 Å². The van der Waals surface area contributed by atoms with E-state index in [-0.39, 0.29) is 30.8 Å². The fraction of sp³-hybridized carbons (Fsp3) is 0.500. The van der Waals surface area contributed by atoms with Gasteiger partial charge in [-0.15, -0.1) is 0 Å². The molecule has 6 nitrogen and oxygen atoms in total. The zero-order valence-corrected chi connectivity index (χ0v) is 11.9.